The van der Waals surface area contributed by atoms with Crippen molar-refractivity contribution in [2.75, 3.05) is 18.0 Å². The molecule has 3 rings (SSSR count). The second kappa shape index (κ2) is 8.52. The molecule has 152 valence electrons. The van der Waals surface area contributed by atoms with Crippen LogP contribution in [0.5, 0.6) is 11.5 Å². The molecule has 0 atom stereocenters. The van der Waals surface area contributed by atoms with E-state index in [4.69, 9.17) is 9.47 Å². The normalized spacial score (nSPS) is 14.1. The second-order valence-corrected chi connectivity index (χ2v) is 7.34. The second-order valence-electron chi connectivity index (χ2n) is 7.34. The maximum Gasteiger partial charge on any atom is 0.313 e. The largest absolute Gasteiger partial charge is 0.452 e. The predicted molar refractivity (Wildman–Crippen MR) is 115 cm³/mol. The topological polar surface area (TPSA) is 55.8 Å². The van der Waals surface area contributed by atoms with Crippen LogP contribution in [0.4, 0.5) is 5.69 Å². The average Bonchev–Trinajstić information content (AvgIpc) is 3.02. The van der Waals surface area contributed by atoms with Gasteiger partial charge in [-0.15, -0.1) is 0 Å². The average molecular weight is 393 g/mol. The first-order chi connectivity index (χ1) is 13.8. The van der Waals surface area contributed by atoms with Gasteiger partial charge in [0.2, 0.25) is 5.78 Å². The monoisotopic (exact) mass is 393 g/mol. The number of ketones is 1. The summed E-state index contributed by atoms with van der Waals surface area (Å²) in [5.41, 5.74) is 3.16. The van der Waals surface area contributed by atoms with E-state index in [2.05, 4.69) is 18.7 Å². The minimum Gasteiger partial charge on any atom is -0.452 e. The molecule has 0 saturated heterocycles. The van der Waals surface area contributed by atoms with Crippen molar-refractivity contribution in [3.8, 4) is 11.5 Å². The molecule has 1 aliphatic heterocycles. The van der Waals surface area contributed by atoms with Crippen LogP contribution in [-0.2, 0) is 4.79 Å². The Hall–Kier alpha value is -3.08. The van der Waals surface area contributed by atoms with Gasteiger partial charge in [0.05, 0.1) is 11.5 Å². The van der Waals surface area contributed by atoms with E-state index >= 15 is 0 Å². The third kappa shape index (κ3) is 4.19. The zero-order valence-electron chi connectivity index (χ0n) is 17.6. The highest BCUT2D eigenvalue weighted by atomic mass is 16.5. The fourth-order valence-corrected chi connectivity index (χ4v) is 3.23. The minimum atomic E-state index is -0.318. The van der Waals surface area contributed by atoms with Crippen LogP contribution in [0.2, 0.25) is 0 Å². The zero-order chi connectivity index (χ0) is 21.1. The van der Waals surface area contributed by atoms with Gasteiger partial charge >= 0.3 is 5.97 Å². The Kier molecular flexibility index (Phi) is 6.06. The summed E-state index contributed by atoms with van der Waals surface area (Å²) in [6, 6.07) is 11.3. The van der Waals surface area contributed by atoms with Crippen LogP contribution in [0, 0.1) is 12.8 Å². The van der Waals surface area contributed by atoms with Crippen molar-refractivity contribution in [2.24, 2.45) is 5.92 Å². The number of rotatable bonds is 6. The fourth-order valence-electron chi connectivity index (χ4n) is 3.23. The molecule has 1 heterocycles. The predicted octanol–water partition coefficient (Wildman–Crippen LogP) is 5.02. The highest BCUT2D eigenvalue weighted by Crippen LogP contribution is 2.39. The minimum absolute atomic E-state index is 0.169. The SMILES string of the molecule is CCN(CC)c1ccc(/C=C2\Oc3c(ccc(OC(=O)C(C)C)c3C)C2=O)cc1. The number of ether oxygens (including phenoxy) is 2. The van der Waals surface area contributed by atoms with E-state index in [1.807, 2.05) is 24.3 Å². The summed E-state index contributed by atoms with van der Waals surface area (Å²) in [6.07, 6.45) is 1.74. The van der Waals surface area contributed by atoms with Crippen LogP contribution in [0.25, 0.3) is 6.08 Å². The molecule has 0 N–H and O–H groups in total. The van der Waals surface area contributed by atoms with E-state index < -0.39 is 0 Å². The summed E-state index contributed by atoms with van der Waals surface area (Å²) in [5, 5.41) is 0. The van der Waals surface area contributed by atoms with Gasteiger partial charge in [-0.05, 0) is 56.7 Å². The molecule has 0 aromatic heterocycles. The molecule has 0 unspecified atom stereocenters. The number of carbonyl (C=O) groups is 2. The summed E-state index contributed by atoms with van der Waals surface area (Å²) < 4.78 is 11.3. The van der Waals surface area contributed by atoms with Crippen LogP contribution in [0.3, 0.4) is 0 Å². The first-order valence-electron chi connectivity index (χ1n) is 10.00. The molecule has 0 amide bonds. The molecule has 0 fully saturated rings. The van der Waals surface area contributed by atoms with Crippen molar-refractivity contribution in [1.82, 2.24) is 0 Å². The molecule has 0 radical (unpaired) electrons. The number of hydrogen-bond acceptors (Lipinski definition) is 5. The van der Waals surface area contributed by atoms with Crippen molar-refractivity contribution in [3.05, 3.63) is 58.8 Å². The van der Waals surface area contributed by atoms with E-state index in [-0.39, 0.29) is 23.4 Å². The summed E-state index contributed by atoms with van der Waals surface area (Å²) in [5.74, 6) is 0.417. The maximum atomic E-state index is 12.8. The number of anilines is 1. The van der Waals surface area contributed by atoms with Crippen molar-refractivity contribution in [1.29, 1.82) is 0 Å². The van der Waals surface area contributed by atoms with E-state index in [1.165, 1.54) is 0 Å². The molecule has 29 heavy (non-hydrogen) atoms. The van der Waals surface area contributed by atoms with Gasteiger partial charge < -0.3 is 14.4 Å². The maximum absolute atomic E-state index is 12.8. The van der Waals surface area contributed by atoms with Crippen molar-refractivity contribution in [2.45, 2.75) is 34.6 Å². The number of esters is 1. The Morgan fingerprint density at radius 2 is 1.76 bits per heavy atom. The number of nitrogens with zero attached hydrogens (tertiary/aromatic N) is 1. The van der Waals surface area contributed by atoms with Crippen LogP contribution in [0.15, 0.2) is 42.2 Å². The molecule has 0 spiro atoms. The Morgan fingerprint density at radius 3 is 2.34 bits per heavy atom. The quantitative estimate of drug-likeness (QED) is 0.392. The van der Waals surface area contributed by atoms with E-state index in [1.54, 1.807) is 39.0 Å². The fraction of sp³-hybridized carbons (Fsp3) is 0.333. The molecule has 5 heteroatoms. The standard InChI is InChI=1S/C24H27NO4/c1-6-25(7-2)18-10-8-17(9-11-18)14-21-22(26)19-12-13-20(16(5)23(19)28-21)29-24(27)15(3)4/h8-15H,6-7H2,1-5H3/b21-14-. The Labute approximate surface area is 171 Å². The summed E-state index contributed by atoms with van der Waals surface area (Å²) in [4.78, 5) is 26.9. The smallest absolute Gasteiger partial charge is 0.313 e. The molecular weight excluding hydrogens is 366 g/mol. The summed E-state index contributed by atoms with van der Waals surface area (Å²) >= 11 is 0. The lowest BCUT2D eigenvalue weighted by Gasteiger charge is -2.20. The van der Waals surface area contributed by atoms with Gasteiger partial charge in [0.15, 0.2) is 5.76 Å². The van der Waals surface area contributed by atoms with Crippen molar-refractivity contribution in [3.63, 3.8) is 0 Å². The lowest BCUT2D eigenvalue weighted by Crippen LogP contribution is -2.21. The third-order valence-electron chi connectivity index (χ3n) is 5.04. The van der Waals surface area contributed by atoms with Gasteiger partial charge in [-0.2, -0.15) is 0 Å². The van der Waals surface area contributed by atoms with Gasteiger partial charge in [-0.3, -0.25) is 9.59 Å². The van der Waals surface area contributed by atoms with Crippen LogP contribution >= 0.6 is 0 Å². The molecule has 5 nitrogen and oxygen atoms in total. The molecule has 1 aliphatic rings. The molecule has 0 bridgehead atoms. The summed E-state index contributed by atoms with van der Waals surface area (Å²) in [6.45, 7) is 11.5. The third-order valence-corrected chi connectivity index (χ3v) is 5.04. The number of benzene rings is 2. The lowest BCUT2D eigenvalue weighted by molar-refractivity contribution is -0.137. The highest BCUT2D eigenvalue weighted by molar-refractivity contribution is 6.15. The van der Waals surface area contributed by atoms with Gasteiger partial charge in [0.25, 0.3) is 0 Å². The van der Waals surface area contributed by atoms with Gasteiger partial charge in [0, 0.05) is 24.3 Å². The Balaban J connectivity index is 1.85. The molecule has 2 aromatic carbocycles. The van der Waals surface area contributed by atoms with Crippen molar-refractivity contribution >= 4 is 23.5 Å². The van der Waals surface area contributed by atoms with Crippen LogP contribution < -0.4 is 14.4 Å². The van der Waals surface area contributed by atoms with Crippen molar-refractivity contribution < 1.29 is 19.1 Å². The first kappa shape index (κ1) is 20.6. The number of hydrogen-bond donors (Lipinski definition) is 0. The van der Waals surface area contributed by atoms with Gasteiger partial charge in [0.1, 0.15) is 11.5 Å². The molecule has 2 aromatic rings. The van der Waals surface area contributed by atoms with E-state index in [0.29, 0.717) is 22.6 Å². The van der Waals surface area contributed by atoms with Crippen LogP contribution in [0.1, 0.15) is 49.2 Å². The lowest BCUT2D eigenvalue weighted by atomic mass is 10.1. The number of carbonyl (C=O) groups excluding carboxylic acids is 2. The number of Topliss-reactive ketones (excluding diaryl/α,β-unsaturated/α-hetero) is 1. The number of fused-ring (bicyclic) bond motifs is 1. The van der Waals surface area contributed by atoms with E-state index in [9.17, 15) is 9.59 Å². The Bertz CT molecular complexity index is 954. The summed E-state index contributed by atoms with van der Waals surface area (Å²) in [7, 11) is 0. The van der Waals surface area contributed by atoms with Gasteiger partial charge in [-0.25, -0.2) is 0 Å². The number of allylic oxidation sites excluding steroid dienone is 1. The Morgan fingerprint density at radius 1 is 1.10 bits per heavy atom. The zero-order valence-corrected chi connectivity index (χ0v) is 17.6. The van der Waals surface area contributed by atoms with Crippen LogP contribution in [-0.4, -0.2) is 24.8 Å². The highest BCUT2D eigenvalue weighted by Gasteiger charge is 2.30. The first-order valence-corrected chi connectivity index (χ1v) is 10.00. The van der Waals surface area contributed by atoms with Gasteiger partial charge in [-0.1, -0.05) is 26.0 Å². The molecular formula is C24H27NO4. The van der Waals surface area contributed by atoms with E-state index in [0.717, 1.165) is 24.3 Å². The molecule has 0 saturated carbocycles. The molecule has 0 aliphatic carbocycles.